The van der Waals surface area contributed by atoms with Gasteiger partial charge in [0.05, 0.1) is 4.90 Å². The largest absolute Gasteiger partial charge is 0.480 e. The predicted molar refractivity (Wildman–Crippen MR) is 85.3 cm³/mol. The number of sulfonamides is 1. The molecule has 0 saturated carbocycles. The summed E-state index contributed by atoms with van der Waals surface area (Å²) in [6.45, 7) is 2.70. The highest BCUT2D eigenvalue weighted by Gasteiger charge is 2.24. The number of rotatable bonds is 9. The van der Waals surface area contributed by atoms with Crippen LogP contribution in [0.1, 0.15) is 24.8 Å². The van der Waals surface area contributed by atoms with Gasteiger partial charge in [-0.1, -0.05) is 17.7 Å². The Morgan fingerprint density at radius 2 is 1.82 bits per heavy atom. The molecule has 1 atom stereocenters. The zero-order chi connectivity index (χ0) is 16.8. The molecule has 0 radical (unpaired) electrons. The first-order chi connectivity index (χ1) is 10.2. The lowest BCUT2D eigenvalue weighted by molar-refractivity contribution is -0.139. The third kappa shape index (κ3) is 6.13. The van der Waals surface area contributed by atoms with Crippen molar-refractivity contribution >= 4 is 16.0 Å². The van der Waals surface area contributed by atoms with Crippen LogP contribution in [-0.4, -0.2) is 51.1 Å². The highest BCUT2D eigenvalue weighted by Crippen LogP contribution is 2.12. The van der Waals surface area contributed by atoms with Crippen LogP contribution < -0.4 is 4.72 Å². The molecule has 1 aromatic rings. The van der Waals surface area contributed by atoms with E-state index in [1.54, 1.807) is 12.1 Å². The lowest BCUT2D eigenvalue weighted by atomic mass is 10.1. The molecule has 1 unspecified atom stereocenters. The maximum atomic E-state index is 12.2. The average molecular weight is 328 g/mol. The van der Waals surface area contributed by atoms with Gasteiger partial charge in [-0.3, -0.25) is 4.79 Å². The highest BCUT2D eigenvalue weighted by molar-refractivity contribution is 7.89. The topological polar surface area (TPSA) is 86.7 Å². The molecule has 0 bridgehead atoms. The van der Waals surface area contributed by atoms with E-state index in [4.69, 9.17) is 0 Å². The second-order valence-electron chi connectivity index (χ2n) is 5.62. The SMILES string of the molecule is Cc1ccc(S(=O)(=O)NC(CCCCN(C)C)C(=O)O)cc1. The summed E-state index contributed by atoms with van der Waals surface area (Å²) in [4.78, 5) is 13.3. The Labute approximate surface area is 132 Å². The van der Waals surface area contributed by atoms with Crippen molar-refractivity contribution in [3.8, 4) is 0 Å². The summed E-state index contributed by atoms with van der Waals surface area (Å²) in [5, 5.41) is 9.20. The van der Waals surface area contributed by atoms with Crippen LogP contribution in [0.25, 0.3) is 0 Å². The Balaban J connectivity index is 2.69. The van der Waals surface area contributed by atoms with Gasteiger partial charge in [-0.05, 0) is 59.0 Å². The van der Waals surface area contributed by atoms with E-state index in [0.717, 1.165) is 18.5 Å². The Bertz CT molecular complexity index is 582. The summed E-state index contributed by atoms with van der Waals surface area (Å²) in [5.41, 5.74) is 0.942. The number of carbonyl (C=O) groups is 1. The first-order valence-corrected chi connectivity index (χ1v) is 8.67. The number of aryl methyl sites for hydroxylation is 1. The van der Waals surface area contributed by atoms with Gasteiger partial charge >= 0.3 is 5.97 Å². The van der Waals surface area contributed by atoms with Gasteiger partial charge in [0.2, 0.25) is 10.0 Å². The summed E-state index contributed by atoms with van der Waals surface area (Å²) in [6, 6.07) is 5.21. The summed E-state index contributed by atoms with van der Waals surface area (Å²) in [6.07, 6.45) is 1.74. The molecule has 0 spiro atoms. The molecule has 124 valence electrons. The van der Waals surface area contributed by atoms with E-state index >= 15 is 0 Å². The monoisotopic (exact) mass is 328 g/mol. The van der Waals surface area contributed by atoms with Crippen LogP contribution >= 0.6 is 0 Å². The normalized spacial score (nSPS) is 13.3. The predicted octanol–water partition coefficient (Wildman–Crippen LogP) is 1.46. The average Bonchev–Trinajstić information content (AvgIpc) is 2.42. The van der Waals surface area contributed by atoms with Crippen LogP contribution in [0, 0.1) is 6.92 Å². The molecule has 0 aliphatic carbocycles. The number of carboxylic acids is 1. The van der Waals surface area contributed by atoms with Crippen molar-refractivity contribution < 1.29 is 18.3 Å². The van der Waals surface area contributed by atoms with Crippen molar-refractivity contribution in [3.05, 3.63) is 29.8 Å². The quantitative estimate of drug-likeness (QED) is 0.670. The molecular formula is C15H24N2O4S. The zero-order valence-corrected chi connectivity index (χ0v) is 14.1. The van der Waals surface area contributed by atoms with Gasteiger partial charge in [0.1, 0.15) is 6.04 Å². The Morgan fingerprint density at radius 3 is 2.32 bits per heavy atom. The Hall–Kier alpha value is -1.44. The number of benzene rings is 1. The van der Waals surface area contributed by atoms with Gasteiger partial charge in [-0.25, -0.2) is 8.42 Å². The van der Waals surface area contributed by atoms with Crippen LogP contribution in [0.15, 0.2) is 29.2 Å². The van der Waals surface area contributed by atoms with Crippen molar-refractivity contribution in [2.75, 3.05) is 20.6 Å². The molecule has 22 heavy (non-hydrogen) atoms. The fourth-order valence-electron chi connectivity index (χ4n) is 1.98. The van der Waals surface area contributed by atoms with E-state index in [-0.39, 0.29) is 11.3 Å². The second-order valence-corrected chi connectivity index (χ2v) is 7.34. The van der Waals surface area contributed by atoms with Gasteiger partial charge < -0.3 is 10.0 Å². The summed E-state index contributed by atoms with van der Waals surface area (Å²) >= 11 is 0. The standard InChI is InChI=1S/C15H24N2O4S/c1-12-7-9-13(10-8-12)22(20,21)16-14(15(18)19)6-4-5-11-17(2)3/h7-10,14,16H,4-6,11H2,1-3H3,(H,18,19). The van der Waals surface area contributed by atoms with Crippen LogP contribution in [-0.2, 0) is 14.8 Å². The maximum absolute atomic E-state index is 12.2. The molecule has 0 aliphatic rings. The number of carboxylic acid groups (broad SMARTS) is 1. The number of aliphatic carboxylic acids is 1. The minimum atomic E-state index is -3.82. The highest BCUT2D eigenvalue weighted by atomic mass is 32.2. The first kappa shape index (κ1) is 18.6. The number of nitrogens with one attached hydrogen (secondary N) is 1. The van der Waals surface area contributed by atoms with Crippen LogP contribution in [0.2, 0.25) is 0 Å². The fourth-order valence-corrected chi connectivity index (χ4v) is 3.21. The third-order valence-electron chi connectivity index (χ3n) is 3.27. The zero-order valence-electron chi connectivity index (χ0n) is 13.2. The van der Waals surface area contributed by atoms with Crippen LogP contribution in [0.5, 0.6) is 0 Å². The van der Waals surface area contributed by atoms with Gasteiger partial charge in [0.15, 0.2) is 0 Å². The van der Waals surface area contributed by atoms with E-state index in [1.807, 2.05) is 25.9 Å². The van der Waals surface area contributed by atoms with Crippen molar-refractivity contribution in [2.24, 2.45) is 0 Å². The molecule has 0 saturated heterocycles. The molecule has 1 rings (SSSR count). The maximum Gasteiger partial charge on any atom is 0.321 e. The fraction of sp³-hybridized carbons (Fsp3) is 0.533. The van der Waals surface area contributed by atoms with Crippen LogP contribution in [0.3, 0.4) is 0 Å². The number of hydrogen-bond donors (Lipinski definition) is 2. The third-order valence-corrected chi connectivity index (χ3v) is 4.76. The number of unbranched alkanes of at least 4 members (excludes halogenated alkanes) is 1. The van der Waals surface area contributed by atoms with Crippen molar-refractivity contribution in [1.29, 1.82) is 0 Å². The number of nitrogens with zero attached hydrogens (tertiary/aromatic N) is 1. The minimum absolute atomic E-state index is 0.0811. The van der Waals surface area contributed by atoms with Crippen LogP contribution in [0.4, 0.5) is 0 Å². The van der Waals surface area contributed by atoms with E-state index in [0.29, 0.717) is 6.42 Å². The van der Waals surface area contributed by atoms with Gasteiger partial charge in [0, 0.05) is 0 Å². The molecule has 0 aromatic heterocycles. The molecule has 2 N–H and O–H groups in total. The van der Waals surface area contributed by atoms with Gasteiger partial charge in [-0.15, -0.1) is 0 Å². The van der Waals surface area contributed by atoms with Gasteiger partial charge in [-0.2, -0.15) is 4.72 Å². The van der Waals surface area contributed by atoms with Crippen molar-refractivity contribution in [3.63, 3.8) is 0 Å². The Kier molecular flexibility index (Phi) is 6.99. The molecule has 0 fully saturated rings. The van der Waals surface area contributed by atoms with E-state index in [2.05, 4.69) is 4.72 Å². The molecule has 1 aromatic carbocycles. The summed E-state index contributed by atoms with van der Waals surface area (Å²) < 4.78 is 26.7. The van der Waals surface area contributed by atoms with E-state index in [1.165, 1.54) is 12.1 Å². The lowest BCUT2D eigenvalue weighted by Crippen LogP contribution is -2.40. The number of hydrogen-bond acceptors (Lipinski definition) is 4. The van der Waals surface area contributed by atoms with Crippen molar-refractivity contribution in [1.82, 2.24) is 9.62 Å². The molecular weight excluding hydrogens is 304 g/mol. The summed E-state index contributed by atoms with van der Waals surface area (Å²) in [5.74, 6) is -1.15. The minimum Gasteiger partial charge on any atom is -0.480 e. The Morgan fingerprint density at radius 1 is 1.23 bits per heavy atom. The van der Waals surface area contributed by atoms with E-state index < -0.39 is 22.0 Å². The second kappa shape index (κ2) is 8.26. The molecule has 7 heteroatoms. The molecule has 0 amide bonds. The summed E-state index contributed by atoms with van der Waals surface area (Å²) in [7, 11) is 0.0625. The van der Waals surface area contributed by atoms with Gasteiger partial charge in [0.25, 0.3) is 0 Å². The smallest absolute Gasteiger partial charge is 0.321 e. The van der Waals surface area contributed by atoms with E-state index in [9.17, 15) is 18.3 Å². The molecule has 6 nitrogen and oxygen atoms in total. The lowest BCUT2D eigenvalue weighted by Gasteiger charge is -2.15. The van der Waals surface area contributed by atoms with Crippen molar-refractivity contribution in [2.45, 2.75) is 37.1 Å². The molecule has 0 aliphatic heterocycles. The first-order valence-electron chi connectivity index (χ1n) is 7.19. The molecule has 0 heterocycles.